The van der Waals surface area contributed by atoms with Crippen molar-refractivity contribution in [3.63, 3.8) is 0 Å². The number of carbonyl (C=O) groups is 2. The van der Waals surface area contributed by atoms with Crippen LogP contribution in [0.25, 0.3) is 10.9 Å². The summed E-state index contributed by atoms with van der Waals surface area (Å²) in [6.45, 7) is -0.0000489. The van der Waals surface area contributed by atoms with E-state index in [4.69, 9.17) is 16.3 Å². The average molecular weight is 436 g/mol. The number of nitrogens with zero attached hydrogens (tertiary/aromatic N) is 3. The molecule has 1 aromatic heterocycles. The Hall–Kier alpha value is -3.04. The molecule has 0 unspecified atom stereocenters. The SMILES string of the molecule is O=C1c2ccccc2C(=O)N1CCOCc1nc(Cl)c2cc(C(F)(F)F)ccc2n1. The van der Waals surface area contributed by atoms with Crippen molar-refractivity contribution < 1.29 is 27.5 Å². The molecule has 0 N–H and O–H groups in total. The molecule has 0 saturated carbocycles. The zero-order chi connectivity index (χ0) is 21.5. The summed E-state index contributed by atoms with van der Waals surface area (Å²) in [5.74, 6) is -0.594. The molecular weight excluding hydrogens is 423 g/mol. The maximum atomic E-state index is 12.8. The van der Waals surface area contributed by atoms with Crippen molar-refractivity contribution in [2.24, 2.45) is 0 Å². The first-order valence-corrected chi connectivity index (χ1v) is 9.20. The maximum Gasteiger partial charge on any atom is 0.416 e. The Kier molecular flexibility index (Phi) is 5.17. The predicted octanol–water partition coefficient (Wildman–Crippen LogP) is 4.11. The Morgan fingerprint density at radius 2 is 1.67 bits per heavy atom. The van der Waals surface area contributed by atoms with Crippen molar-refractivity contribution >= 4 is 34.3 Å². The molecule has 0 saturated heterocycles. The topological polar surface area (TPSA) is 72.4 Å². The molecule has 0 atom stereocenters. The number of alkyl halides is 3. The molecule has 3 aromatic rings. The van der Waals surface area contributed by atoms with Crippen LogP contribution in [0.15, 0.2) is 42.5 Å². The van der Waals surface area contributed by atoms with Gasteiger partial charge in [-0.2, -0.15) is 13.2 Å². The summed E-state index contributed by atoms with van der Waals surface area (Å²) in [7, 11) is 0. The Bertz CT molecular complexity index is 1130. The summed E-state index contributed by atoms with van der Waals surface area (Å²) in [6.07, 6.45) is -4.50. The zero-order valence-corrected chi connectivity index (χ0v) is 16.0. The molecule has 0 spiro atoms. The Labute approximate surface area is 173 Å². The number of ether oxygens (including phenoxy) is 1. The molecule has 1 aliphatic rings. The van der Waals surface area contributed by atoms with Crippen LogP contribution in [-0.2, 0) is 17.5 Å². The van der Waals surface area contributed by atoms with Gasteiger partial charge in [0.05, 0.1) is 35.4 Å². The van der Waals surface area contributed by atoms with Crippen molar-refractivity contribution in [3.8, 4) is 0 Å². The third-order valence-corrected chi connectivity index (χ3v) is 4.88. The number of hydrogen-bond donors (Lipinski definition) is 0. The highest BCUT2D eigenvalue weighted by molar-refractivity contribution is 6.34. The van der Waals surface area contributed by atoms with Gasteiger partial charge in [-0.15, -0.1) is 0 Å². The Morgan fingerprint density at radius 3 is 2.30 bits per heavy atom. The predicted molar refractivity (Wildman–Crippen MR) is 101 cm³/mol. The third kappa shape index (κ3) is 3.73. The maximum absolute atomic E-state index is 12.8. The zero-order valence-electron chi connectivity index (χ0n) is 15.2. The van der Waals surface area contributed by atoms with Crippen molar-refractivity contribution in [1.29, 1.82) is 0 Å². The minimum Gasteiger partial charge on any atom is -0.372 e. The van der Waals surface area contributed by atoms with E-state index in [0.29, 0.717) is 11.1 Å². The van der Waals surface area contributed by atoms with E-state index in [1.807, 2.05) is 0 Å². The summed E-state index contributed by atoms with van der Waals surface area (Å²) in [6, 6.07) is 9.57. The lowest BCUT2D eigenvalue weighted by atomic mass is 10.1. The number of carbonyl (C=O) groups excluding carboxylic acids is 2. The molecule has 0 bridgehead atoms. The van der Waals surface area contributed by atoms with Crippen LogP contribution in [0.2, 0.25) is 5.15 Å². The summed E-state index contributed by atoms with van der Waals surface area (Å²) in [5.41, 5.74) is 0.114. The second-order valence-electron chi connectivity index (χ2n) is 6.52. The lowest BCUT2D eigenvalue weighted by Gasteiger charge is -2.14. The van der Waals surface area contributed by atoms with E-state index in [2.05, 4.69) is 9.97 Å². The summed E-state index contributed by atoms with van der Waals surface area (Å²) >= 11 is 6.02. The number of aromatic nitrogens is 2. The molecular formula is C20H13ClF3N3O3. The molecule has 2 amide bonds. The quantitative estimate of drug-likeness (QED) is 0.342. The van der Waals surface area contributed by atoms with Crippen LogP contribution in [0.3, 0.4) is 0 Å². The van der Waals surface area contributed by atoms with Crippen LogP contribution in [0.1, 0.15) is 32.1 Å². The van der Waals surface area contributed by atoms with Gasteiger partial charge in [0.1, 0.15) is 11.8 Å². The summed E-state index contributed by atoms with van der Waals surface area (Å²) in [5, 5.41) is -0.0358. The molecule has 2 heterocycles. The van der Waals surface area contributed by atoms with Gasteiger partial charge in [0, 0.05) is 5.39 Å². The van der Waals surface area contributed by atoms with Gasteiger partial charge in [0.15, 0.2) is 5.82 Å². The number of amides is 2. The first-order chi connectivity index (χ1) is 14.3. The number of fused-ring (bicyclic) bond motifs is 2. The van der Waals surface area contributed by atoms with Crippen molar-refractivity contribution in [3.05, 3.63) is 70.1 Å². The monoisotopic (exact) mass is 435 g/mol. The smallest absolute Gasteiger partial charge is 0.372 e. The van der Waals surface area contributed by atoms with E-state index in [1.165, 1.54) is 6.07 Å². The molecule has 6 nitrogen and oxygen atoms in total. The van der Waals surface area contributed by atoms with Gasteiger partial charge in [0.2, 0.25) is 0 Å². The van der Waals surface area contributed by atoms with Crippen LogP contribution in [-0.4, -0.2) is 39.8 Å². The molecule has 0 aliphatic carbocycles. The highest BCUT2D eigenvalue weighted by atomic mass is 35.5. The molecule has 154 valence electrons. The van der Waals surface area contributed by atoms with Gasteiger partial charge < -0.3 is 4.74 Å². The minimum atomic E-state index is -4.50. The fraction of sp³-hybridized carbons (Fsp3) is 0.200. The van der Waals surface area contributed by atoms with Crippen molar-refractivity contribution in [1.82, 2.24) is 14.9 Å². The highest BCUT2D eigenvalue weighted by Gasteiger charge is 2.34. The van der Waals surface area contributed by atoms with E-state index in [-0.39, 0.29) is 53.5 Å². The van der Waals surface area contributed by atoms with E-state index >= 15 is 0 Å². The number of rotatable bonds is 5. The first-order valence-electron chi connectivity index (χ1n) is 8.82. The lowest BCUT2D eigenvalue weighted by molar-refractivity contribution is -0.137. The fourth-order valence-electron chi connectivity index (χ4n) is 3.14. The van der Waals surface area contributed by atoms with Gasteiger partial charge in [-0.05, 0) is 30.3 Å². The van der Waals surface area contributed by atoms with Crippen LogP contribution in [0.5, 0.6) is 0 Å². The van der Waals surface area contributed by atoms with Crippen molar-refractivity contribution in [2.75, 3.05) is 13.2 Å². The van der Waals surface area contributed by atoms with Crippen LogP contribution in [0.4, 0.5) is 13.2 Å². The van der Waals surface area contributed by atoms with E-state index in [1.54, 1.807) is 24.3 Å². The second-order valence-corrected chi connectivity index (χ2v) is 6.88. The number of hydrogen-bond acceptors (Lipinski definition) is 5. The van der Waals surface area contributed by atoms with Gasteiger partial charge in [-0.1, -0.05) is 23.7 Å². The van der Waals surface area contributed by atoms with Gasteiger partial charge in [-0.25, -0.2) is 9.97 Å². The fourth-order valence-corrected chi connectivity index (χ4v) is 3.39. The molecule has 1 aliphatic heterocycles. The molecule has 30 heavy (non-hydrogen) atoms. The Balaban J connectivity index is 1.40. The largest absolute Gasteiger partial charge is 0.416 e. The number of benzene rings is 2. The van der Waals surface area contributed by atoms with Gasteiger partial charge in [-0.3, -0.25) is 14.5 Å². The van der Waals surface area contributed by atoms with Crippen LogP contribution >= 0.6 is 11.6 Å². The average Bonchev–Trinajstić information content (AvgIpc) is 2.95. The summed E-state index contributed by atoms with van der Waals surface area (Å²) in [4.78, 5) is 33.8. The molecule has 4 rings (SSSR count). The van der Waals surface area contributed by atoms with Crippen LogP contribution in [0, 0.1) is 0 Å². The van der Waals surface area contributed by atoms with Gasteiger partial charge in [0.25, 0.3) is 11.8 Å². The van der Waals surface area contributed by atoms with E-state index < -0.39 is 11.7 Å². The Morgan fingerprint density at radius 1 is 1.00 bits per heavy atom. The van der Waals surface area contributed by atoms with Crippen LogP contribution < -0.4 is 0 Å². The molecule has 2 aromatic carbocycles. The molecule has 10 heteroatoms. The minimum absolute atomic E-state index is 0.0392. The highest BCUT2D eigenvalue weighted by Crippen LogP contribution is 2.32. The molecule has 0 radical (unpaired) electrons. The number of imide groups is 1. The third-order valence-electron chi connectivity index (χ3n) is 4.59. The molecule has 0 fully saturated rings. The van der Waals surface area contributed by atoms with Crippen molar-refractivity contribution in [2.45, 2.75) is 12.8 Å². The normalized spacial score (nSPS) is 13.9. The summed E-state index contributed by atoms with van der Waals surface area (Å²) < 4.78 is 44.0. The first kappa shape index (κ1) is 20.2. The standard InChI is InChI=1S/C20H13ClF3N3O3/c21-17-14-9-11(20(22,23)24)5-6-15(14)25-16(26-17)10-30-8-7-27-18(28)12-3-1-2-4-13(12)19(27)29/h1-6,9H,7-8,10H2. The van der Waals surface area contributed by atoms with Gasteiger partial charge >= 0.3 is 6.18 Å². The van der Waals surface area contributed by atoms with E-state index in [9.17, 15) is 22.8 Å². The number of halogens is 4. The second kappa shape index (κ2) is 7.66. The lowest BCUT2D eigenvalue weighted by Crippen LogP contribution is -2.33. The van der Waals surface area contributed by atoms with E-state index in [0.717, 1.165) is 17.0 Å².